The molecule has 0 heteroatoms. The molecule has 0 N–H and O–H groups in total. The molecule has 2 aliphatic rings. The van der Waals surface area contributed by atoms with Crippen LogP contribution in [-0.4, -0.2) is 0 Å². The van der Waals surface area contributed by atoms with Gasteiger partial charge in [0.05, 0.1) is 0 Å². The van der Waals surface area contributed by atoms with E-state index in [0.29, 0.717) is 10.8 Å². The third kappa shape index (κ3) is 1.57. The molecule has 4 atom stereocenters. The predicted octanol–water partition coefficient (Wildman–Crippen LogP) is 5.05. The zero-order chi connectivity index (χ0) is 12.1. The number of rotatable bonds is 0. The second kappa shape index (κ2) is 3.62. The van der Waals surface area contributed by atoms with E-state index >= 15 is 0 Å². The number of hydrogen-bond donors (Lipinski definition) is 0. The van der Waals surface area contributed by atoms with Gasteiger partial charge < -0.3 is 0 Å². The Kier molecular flexibility index (Phi) is 2.76. The van der Waals surface area contributed by atoms with Crippen LogP contribution in [0.3, 0.4) is 0 Å². The van der Waals surface area contributed by atoms with Crippen molar-refractivity contribution in [3.8, 4) is 0 Å². The first-order valence-corrected chi connectivity index (χ1v) is 6.99. The van der Waals surface area contributed by atoms with Crippen molar-refractivity contribution in [1.82, 2.24) is 0 Å². The highest BCUT2D eigenvalue weighted by Gasteiger charge is 2.48. The summed E-state index contributed by atoms with van der Waals surface area (Å²) in [6.07, 6.45) is 6.66. The lowest BCUT2D eigenvalue weighted by molar-refractivity contribution is 0.0547. The Balaban J connectivity index is 2.39. The Labute approximate surface area is 102 Å². The third-order valence-corrected chi connectivity index (χ3v) is 6.15. The summed E-state index contributed by atoms with van der Waals surface area (Å²) in [5.41, 5.74) is 2.77. The Morgan fingerprint density at radius 1 is 1.06 bits per heavy atom. The van der Waals surface area contributed by atoms with Crippen LogP contribution in [-0.2, 0) is 0 Å². The van der Waals surface area contributed by atoms with Crippen molar-refractivity contribution < 1.29 is 0 Å². The highest BCUT2D eigenvalue weighted by molar-refractivity contribution is 5.26. The van der Waals surface area contributed by atoms with Crippen molar-refractivity contribution in [2.45, 2.75) is 60.8 Å². The minimum atomic E-state index is 0.493. The van der Waals surface area contributed by atoms with E-state index in [4.69, 9.17) is 0 Å². The number of hydrogen-bond acceptors (Lipinski definition) is 0. The Morgan fingerprint density at radius 2 is 1.69 bits per heavy atom. The first-order valence-electron chi connectivity index (χ1n) is 6.99. The fourth-order valence-corrected chi connectivity index (χ4v) is 3.90. The lowest BCUT2D eigenvalue weighted by atomic mass is 9.50. The first-order chi connectivity index (χ1) is 7.29. The van der Waals surface area contributed by atoms with Crippen molar-refractivity contribution in [3.63, 3.8) is 0 Å². The molecule has 2 aliphatic carbocycles. The molecule has 2 rings (SSSR count). The maximum Gasteiger partial charge on any atom is -0.00851 e. The molecule has 1 saturated carbocycles. The van der Waals surface area contributed by atoms with Gasteiger partial charge in [-0.25, -0.2) is 0 Å². The Morgan fingerprint density at radius 3 is 2.31 bits per heavy atom. The van der Waals surface area contributed by atoms with Crippen molar-refractivity contribution in [1.29, 1.82) is 0 Å². The summed E-state index contributed by atoms with van der Waals surface area (Å²) in [6, 6.07) is 0. The molecule has 92 valence electrons. The zero-order valence-corrected chi connectivity index (χ0v) is 11.9. The van der Waals surface area contributed by atoms with Gasteiger partial charge in [0.1, 0.15) is 0 Å². The lowest BCUT2D eigenvalue weighted by Gasteiger charge is -2.54. The first kappa shape index (κ1) is 12.2. The third-order valence-electron chi connectivity index (χ3n) is 6.15. The summed E-state index contributed by atoms with van der Waals surface area (Å²) < 4.78 is 0. The zero-order valence-electron chi connectivity index (χ0n) is 11.9. The van der Waals surface area contributed by atoms with Gasteiger partial charge in [-0.3, -0.25) is 0 Å². The number of fused-ring (bicyclic) bond motifs is 1. The molecule has 16 heavy (non-hydrogen) atoms. The minimum Gasteiger partial charge on any atom is -0.0842 e. The summed E-state index contributed by atoms with van der Waals surface area (Å²) in [7, 11) is 0. The lowest BCUT2D eigenvalue weighted by Crippen LogP contribution is -2.45. The topological polar surface area (TPSA) is 0 Å². The quantitative estimate of drug-likeness (QED) is 0.501. The van der Waals surface area contributed by atoms with Crippen molar-refractivity contribution in [3.05, 3.63) is 11.6 Å². The molecule has 0 aromatic heterocycles. The normalized spacial score (nSPS) is 47.1. The van der Waals surface area contributed by atoms with Crippen LogP contribution < -0.4 is 0 Å². The maximum atomic E-state index is 2.58. The molecule has 0 nitrogen and oxygen atoms in total. The molecule has 0 radical (unpaired) electrons. The largest absolute Gasteiger partial charge is 0.0842 e. The maximum absolute atomic E-state index is 2.58. The summed E-state index contributed by atoms with van der Waals surface area (Å²) in [5, 5.41) is 0. The van der Waals surface area contributed by atoms with E-state index in [9.17, 15) is 0 Å². The molecule has 0 aliphatic heterocycles. The van der Waals surface area contributed by atoms with Crippen LogP contribution in [0, 0.1) is 28.6 Å². The minimum absolute atomic E-state index is 0.493. The van der Waals surface area contributed by atoms with Gasteiger partial charge in [-0.05, 0) is 47.8 Å². The van der Waals surface area contributed by atoms with Gasteiger partial charge in [-0.1, -0.05) is 53.2 Å². The molecular weight excluding hydrogens is 192 g/mol. The Bertz CT molecular complexity index is 310. The van der Waals surface area contributed by atoms with Crippen LogP contribution in [0.4, 0.5) is 0 Å². The number of allylic oxidation sites excluding steroid dienone is 2. The molecule has 0 spiro atoms. The average Bonchev–Trinajstić information content (AvgIpc) is 2.22. The fraction of sp³-hybridized carbons (Fsp3) is 0.875. The SMILES string of the molecule is CC1CC=C2C(C)C(C)(C)CC[C@@]2(C)C1C. The van der Waals surface area contributed by atoms with Crippen LogP contribution in [0.25, 0.3) is 0 Å². The summed E-state index contributed by atoms with van der Waals surface area (Å²) in [5.74, 6) is 2.48. The van der Waals surface area contributed by atoms with Crippen molar-refractivity contribution in [2.75, 3.05) is 0 Å². The van der Waals surface area contributed by atoms with Crippen LogP contribution in [0.15, 0.2) is 11.6 Å². The van der Waals surface area contributed by atoms with Gasteiger partial charge in [0, 0.05) is 0 Å². The fourth-order valence-electron chi connectivity index (χ4n) is 3.90. The summed E-state index contributed by atoms with van der Waals surface area (Å²) >= 11 is 0. The van der Waals surface area contributed by atoms with Crippen molar-refractivity contribution in [2.24, 2.45) is 28.6 Å². The van der Waals surface area contributed by atoms with Crippen LogP contribution in [0.2, 0.25) is 0 Å². The predicted molar refractivity (Wildman–Crippen MR) is 71.3 cm³/mol. The van der Waals surface area contributed by atoms with Gasteiger partial charge in [0.25, 0.3) is 0 Å². The molecule has 0 heterocycles. The van der Waals surface area contributed by atoms with Gasteiger partial charge in [-0.15, -0.1) is 0 Å². The van der Waals surface area contributed by atoms with Crippen LogP contribution in [0.1, 0.15) is 60.8 Å². The standard InChI is InChI=1S/C16H28/c1-11-7-8-14-13(3)15(4,5)9-10-16(14,6)12(11)2/h8,11-13H,7,9-10H2,1-6H3/t11?,12?,13?,16-/m0/s1. The van der Waals surface area contributed by atoms with Gasteiger partial charge in [0.15, 0.2) is 0 Å². The molecule has 1 fully saturated rings. The summed E-state index contributed by atoms with van der Waals surface area (Å²) in [6.45, 7) is 14.8. The van der Waals surface area contributed by atoms with E-state index in [1.54, 1.807) is 5.57 Å². The van der Waals surface area contributed by atoms with E-state index in [1.165, 1.54) is 19.3 Å². The molecule has 0 amide bonds. The smallest absolute Gasteiger partial charge is 0.00851 e. The molecule has 0 aromatic rings. The molecule has 0 saturated heterocycles. The van der Waals surface area contributed by atoms with Crippen molar-refractivity contribution >= 4 is 0 Å². The van der Waals surface area contributed by atoms with Gasteiger partial charge in [-0.2, -0.15) is 0 Å². The highest BCUT2D eigenvalue weighted by Crippen LogP contribution is 2.58. The molecular formula is C16H28. The second-order valence-electron chi connectivity index (χ2n) is 7.29. The van der Waals surface area contributed by atoms with E-state index in [1.807, 2.05) is 0 Å². The Hall–Kier alpha value is -0.260. The van der Waals surface area contributed by atoms with E-state index < -0.39 is 0 Å². The monoisotopic (exact) mass is 220 g/mol. The van der Waals surface area contributed by atoms with Crippen LogP contribution in [0.5, 0.6) is 0 Å². The highest BCUT2D eigenvalue weighted by atomic mass is 14.5. The van der Waals surface area contributed by atoms with Crippen LogP contribution >= 0.6 is 0 Å². The van der Waals surface area contributed by atoms with E-state index in [2.05, 4.69) is 47.6 Å². The second-order valence-corrected chi connectivity index (χ2v) is 7.29. The molecule has 0 aromatic carbocycles. The van der Waals surface area contributed by atoms with Gasteiger partial charge >= 0.3 is 0 Å². The summed E-state index contributed by atoms with van der Waals surface area (Å²) in [4.78, 5) is 0. The van der Waals surface area contributed by atoms with E-state index in [0.717, 1.165) is 17.8 Å². The molecule has 3 unspecified atom stereocenters. The van der Waals surface area contributed by atoms with E-state index in [-0.39, 0.29) is 0 Å². The van der Waals surface area contributed by atoms with Gasteiger partial charge in [0.2, 0.25) is 0 Å². The average molecular weight is 220 g/mol. The molecule has 0 bridgehead atoms.